The van der Waals surface area contributed by atoms with Crippen LogP contribution in [0.5, 0.6) is 0 Å². The smallest absolute Gasteiger partial charge is 0.320 e. The zero-order chi connectivity index (χ0) is 80.6. The lowest BCUT2D eigenvalue weighted by atomic mass is 10.0. The fourth-order valence-electron chi connectivity index (χ4n) is 13.5. The van der Waals surface area contributed by atoms with Gasteiger partial charge in [-0.25, -0.2) is 0 Å². The third-order valence-corrected chi connectivity index (χ3v) is 19.4. The molecule has 33 heteroatoms. The van der Waals surface area contributed by atoms with Crippen LogP contribution >= 0.6 is 12.2 Å². The fourth-order valence-corrected chi connectivity index (χ4v) is 13.8. The average Bonchev–Trinajstić information content (AvgIpc) is 0.804. The maximum absolute atomic E-state index is 13.6. The van der Waals surface area contributed by atoms with Gasteiger partial charge in [-0.3, -0.25) is 91.9 Å². The minimum atomic E-state index is -1.19. The number of benzene rings is 5. The molecule has 596 valence electrons. The number of carbonyl (C=O) groups is 11. The van der Waals surface area contributed by atoms with Gasteiger partial charge < -0.3 is 66.6 Å². The van der Waals surface area contributed by atoms with Crippen LogP contribution in [0.4, 0.5) is 17.1 Å². The first-order valence-corrected chi connectivity index (χ1v) is 37.1. The standard InChI is InChI=1S/C42H49N7O9S.C37H46N6O10/c50-37(49-24-33-7-2-1-5-31(33)11-12-32-6-3-4-8-36(32)49)15-16-43-42(59)44-34-13-9-30(10-14-34)23-35-25-47(28-40(55)56)20-19-45(26-38(51)52)17-18-46(27-39(53)54)21-22-48(35)29-41(57)58;44-32(38-14-13-33(45)43-23-29-7-2-1-5-27(29)9-10-28-6-3-4-8-30(28)43)12-11-31(37(52)53)42-21-19-40(25-35(48)49)17-15-39(24-34(46)47)16-18-41(20-22-42)26-36(50)51/h1-10,13-14,35H,15-29H2,(H,51,52)(H,53,54)(H,55,56)(H,57,58)(H2,43,44,59);1-8,31H,11-26H2,(H,38,44)(H,46,47)(H,48,49)(H,50,51)(H,52,53). The van der Waals surface area contributed by atoms with E-state index in [9.17, 15) is 93.6 Å². The van der Waals surface area contributed by atoms with Gasteiger partial charge in [0.05, 0.1) is 70.3 Å². The van der Waals surface area contributed by atoms with Crippen LogP contribution in [0.1, 0.15) is 64.6 Å². The number of aliphatic carboxylic acids is 8. The van der Waals surface area contributed by atoms with E-state index in [1.165, 1.54) is 0 Å². The largest absolute Gasteiger partial charge is 0.480 e. The monoisotopic (exact) mass is 1560 g/mol. The Morgan fingerprint density at radius 2 is 0.759 bits per heavy atom. The van der Waals surface area contributed by atoms with Crippen LogP contribution in [-0.4, -0.2) is 320 Å². The van der Waals surface area contributed by atoms with Crippen molar-refractivity contribution in [3.63, 3.8) is 0 Å². The molecule has 0 saturated carbocycles. The summed E-state index contributed by atoms with van der Waals surface area (Å²) >= 11 is 5.55. The first kappa shape index (κ1) is 86.4. The zero-order valence-corrected chi connectivity index (χ0v) is 62.9. The molecule has 2 unspecified atom stereocenters. The Hall–Kier alpha value is -11.2. The van der Waals surface area contributed by atoms with Crippen LogP contribution in [-0.2, 0) is 72.3 Å². The second kappa shape index (κ2) is 44.0. The molecule has 112 heavy (non-hydrogen) atoms. The molecule has 3 amide bonds. The van der Waals surface area contributed by atoms with Crippen LogP contribution in [0.2, 0.25) is 0 Å². The van der Waals surface area contributed by atoms with Crippen molar-refractivity contribution < 1.29 is 93.6 Å². The summed E-state index contributed by atoms with van der Waals surface area (Å²) in [7, 11) is 0. The molecule has 0 aliphatic carbocycles. The molecular formula is C79H95N13O19S. The number of carboxylic acid groups (broad SMARTS) is 8. The number of nitrogens with one attached hydrogen (secondary N) is 3. The lowest BCUT2D eigenvalue weighted by Crippen LogP contribution is -2.53. The third-order valence-electron chi connectivity index (χ3n) is 19.2. The van der Waals surface area contributed by atoms with Crippen molar-refractivity contribution in [2.24, 2.45) is 0 Å². The third kappa shape index (κ3) is 28.9. The van der Waals surface area contributed by atoms with Gasteiger partial charge in [-0.2, -0.15) is 0 Å². The predicted octanol–water partition coefficient (Wildman–Crippen LogP) is 1.93. The van der Waals surface area contributed by atoms with E-state index in [4.69, 9.17) is 12.2 Å². The summed E-state index contributed by atoms with van der Waals surface area (Å²) in [5, 5.41) is 86.5. The maximum Gasteiger partial charge on any atom is 0.320 e. The number of carbonyl (C=O) groups excluding carboxylic acids is 3. The molecule has 2 fully saturated rings. The van der Waals surface area contributed by atoms with E-state index in [1.54, 1.807) is 49.0 Å². The van der Waals surface area contributed by atoms with Crippen molar-refractivity contribution in [2.75, 3.05) is 172 Å². The first-order chi connectivity index (χ1) is 53.7. The highest BCUT2D eigenvalue weighted by Gasteiger charge is 2.32. The molecule has 11 N–H and O–H groups in total. The van der Waals surface area contributed by atoms with Gasteiger partial charge in [-0.1, -0.05) is 96.5 Å². The topological polar surface area (TPSA) is 418 Å². The Morgan fingerprint density at radius 3 is 1.18 bits per heavy atom. The lowest BCUT2D eigenvalue weighted by Gasteiger charge is -2.37. The molecule has 2 saturated heterocycles. The summed E-state index contributed by atoms with van der Waals surface area (Å²) in [5.41, 5.74) is 7.95. The second-order valence-corrected chi connectivity index (χ2v) is 27.8. The number of hydrogen-bond donors (Lipinski definition) is 11. The van der Waals surface area contributed by atoms with Crippen molar-refractivity contribution in [3.05, 3.63) is 160 Å². The summed E-state index contributed by atoms with van der Waals surface area (Å²) in [5.74, 6) is 3.25. The quantitative estimate of drug-likeness (QED) is 0.0252. The molecule has 32 nitrogen and oxygen atoms in total. The van der Waals surface area contributed by atoms with Crippen LogP contribution in [0, 0.1) is 23.7 Å². The number of hydrogen-bond acceptors (Lipinski definition) is 20. The molecule has 0 aromatic heterocycles. The minimum Gasteiger partial charge on any atom is -0.480 e. The number of nitrogens with zero attached hydrogens (tertiary/aromatic N) is 10. The van der Waals surface area contributed by atoms with Crippen molar-refractivity contribution >= 4 is 99.9 Å². The number of rotatable bonds is 28. The summed E-state index contributed by atoms with van der Waals surface area (Å²) in [6, 6.07) is 36.0. The molecule has 0 spiro atoms. The molecule has 0 radical (unpaired) electrons. The Balaban J connectivity index is 0.000000283. The van der Waals surface area contributed by atoms with Crippen molar-refractivity contribution in [3.8, 4) is 23.7 Å². The maximum atomic E-state index is 13.6. The molecule has 0 bridgehead atoms. The van der Waals surface area contributed by atoms with E-state index < -0.39 is 65.7 Å². The molecule has 4 heterocycles. The van der Waals surface area contributed by atoms with E-state index in [1.807, 2.05) is 121 Å². The van der Waals surface area contributed by atoms with Crippen LogP contribution in [0.3, 0.4) is 0 Å². The van der Waals surface area contributed by atoms with E-state index in [0.717, 1.165) is 39.1 Å². The molecule has 5 aromatic rings. The summed E-state index contributed by atoms with van der Waals surface area (Å²) < 4.78 is 0. The van der Waals surface area contributed by atoms with Gasteiger partial charge in [0.1, 0.15) is 6.04 Å². The first-order valence-electron chi connectivity index (χ1n) is 36.7. The second-order valence-electron chi connectivity index (χ2n) is 27.4. The number of para-hydroxylation sites is 2. The Morgan fingerprint density at radius 1 is 0.402 bits per heavy atom. The molecular weight excluding hydrogens is 1470 g/mol. The number of carboxylic acids is 8. The van der Waals surface area contributed by atoms with Crippen molar-refractivity contribution in [1.29, 1.82) is 0 Å². The summed E-state index contributed by atoms with van der Waals surface area (Å²) in [4.78, 5) is 151. The van der Waals surface area contributed by atoms with Crippen molar-refractivity contribution in [1.82, 2.24) is 49.8 Å². The van der Waals surface area contributed by atoms with Gasteiger partial charge >= 0.3 is 47.8 Å². The van der Waals surface area contributed by atoms with Crippen molar-refractivity contribution in [2.45, 2.75) is 57.3 Å². The fraction of sp³-hybridized carbons (Fsp3) is 0.418. The minimum absolute atomic E-state index is 0.00707. The number of thiocarbonyl (C=S) groups is 1. The highest BCUT2D eigenvalue weighted by atomic mass is 32.1. The summed E-state index contributed by atoms with van der Waals surface area (Å²) in [6.07, 6.45) is 0.242. The Bertz CT molecular complexity index is 4270. The molecule has 4 aliphatic rings. The average molecular weight is 1560 g/mol. The van der Waals surface area contributed by atoms with Gasteiger partial charge in [0.15, 0.2) is 5.11 Å². The van der Waals surface area contributed by atoms with E-state index in [-0.39, 0.29) is 195 Å². The highest BCUT2D eigenvalue weighted by Crippen LogP contribution is 2.28. The van der Waals surface area contributed by atoms with Crippen LogP contribution < -0.4 is 25.8 Å². The molecule has 9 rings (SSSR count). The zero-order valence-electron chi connectivity index (χ0n) is 62.1. The van der Waals surface area contributed by atoms with E-state index in [2.05, 4.69) is 39.6 Å². The molecule has 2 atom stereocenters. The predicted molar refractivity (Wildman–Crippen MR) is 416 cm³/mol. The lowest BCUT2D eigenvalue weighted by molar-refractivity contribution is -0.145. The van der Waals surface area contributed by atoms with Gasteiger partial charge in [0.25, 0.3) is 0 Å². The highest BCUT2D eigenvalue weighted by molar-refractivity contribution is 7.80. The van der Waals surface area contributed by atoms with Crippen LogP contribution in [0.15, 0.2) is 121 Å². The number of anilines is 3. The van der Waals surface area contributed by atoms with Gasteiger partial charge in [0.2, 0.25) is 17.7 Å². The van der Waals surface area contributed by atoms with Gasteiger partial charge in [-0.15, -0.1) is 0 Å². The molecule has 4 aliphatic heterocycles. The van der Waals surface area contributed by atoms with E-state index in [0.29, 0.717) is 41.6 Å². The Labute approximate surface area is 653 Å². The number of fused-ring (bicyclic) bond motifs is 4. The molecule has 5 aromatic carbocycles. The van der Waals surface area contributed by atoms with Gasteiger partial charge in [-0.05, 0) is 90.3 Å². The van der Waals surface area contributed by atoms with Crippen LogP contribution in [0.25, 0.3) is 0 Å². The van der Waals surface area contributed by atoms with E-state index >= 15 is 0 Å². The van der Waals surface area contributed by atoms with Gasteiger partial charge in [0, 0.05) is 165 Å². The Kier molecular flexibility index (Phi) is 33.9. The normalized spacial score (nSPS) is 16.9. The number of amides is 3. The summed E-state index contributed by atoms with van der Waals surface area (Å²) in [6.45, 7) is 1.38. The SMILES string of the molecule is O=C(O)CN1CCN(CC(=O)O)CCN(C(CCC(=O)NCCC(=O)N2Cc3ccccc3C#Cc3ccccc32)C(=O)O)CCN(CC(=O)O)CC1.O=C(O)CN1CCN(CC(=O)O)CCN(CC(=O)O)C(Cc2ccc(NC(=S)NCCC(=O)N3Cc4ccccc4C#Cc4ccccc43)cc2)CN(CC(=O)O)CC1.